The molecule has 0 saturated heterocycles. The van der Waals surface area contributed by atoms with Crippen molar-refractivity contribution in [3.63, 3.8) is 0 Å². The molecule has 6 nitrogen and oxygen atoms in total. The van der Waals surface area contributed by atoms with Crippen molar-refractivity contribution < 1.29 is 27.3 Å². The molecule has 0 aliphatic rings. The van der Waals surface area contributed by atoms with E-state index in [-0.39, 0.29) is 23.6 Å². The van der Waals surface area contributed by atoms with Gasteiger partial charge in [-0.1, -0.05) is 6.92 Å². The molecular weight excluding hydrogens is 414 g/mol. The van der Waals surface area contributed by atoms with Crippen molar-refractivity contribution in [1.82, 2.24) is 5.32 Å². The van der Waals surface area contributed by atoms with Gasteiger partial charge < -0.3 is 14.8 Å². The molecule has 9 heteroatoms. The maximum Gasteiger partial charge on any atom is 0.407 e. The molecule has 0 heterocycles. The minimum absolute atomic E-state index is 0.0613. The second-order valence-electron chi connectivity index (χ2n) is 8.83. The van der Waals surface area contributed by atoms with Crippen molar-refractivity contribution in [3.05, 3.63) is 29.3 Å². The summed E-state index contributed by atoms with van der Waals surface area (Å²) in [5, 5.41) is 2.58. The average Bonchev–Trinajstić information content (AvgIpc) is 2.57. The summed E-state index contributed by atoms with van der Waals surface area (Å²) in [5.74, 6) is -1.91. The number of ether oxygens (including phenoxy) is 2. The zero-order valence-corrected chi connectivity index (χ0v) is 19.7. The molecule has 0 bridgehead atoms. The van der Waals surface area contributed by atoms with Crippen molar-refractivity contribution in [2.45, 2.75) is 78.3 Å². The van der Waals surface area contributed by atoms with Crippen LogP contribution in [0.2, 0.25) is 0 Å². The molecule has 1 N–H and O–H groups in total. The molecule has 1 rings (SSSR count). The number of benzene rings is 1. The van der Waals surface area contributed by atoms with Crippen LogP contribution < -0.4 is 10.1 Å². The maximum atomic E-state index is 14.6. The minimum Gasteiger partial charge on any atom is -0.485 e. The van der Waals surface area contributed by atoms with E-state index in [0.717, 1.165) is 6.07 Å². The highest BCUT2D eigenvalue weighted by Crippen LogP contribution is 2.27. The van der Waals surface area contributed by atoms with Gasteiger partial charge in [0, 0.05) is 11.6 Å². The van der Waals surface area contributed by atoms with Gasteiger partial charge in [-0.15, -0.1) is 0 Å². The van der Waals surface area contributed by atoms with Crippen LogP contribution in [-0.4, -0.2) is 39.0 Å². The van der Waals surface area contributed by atoms with Crippen molar-refractivity contribution in [2.24, 2.45) is 4.40 Å². The Bertz CT molecular complexity index is 814. The van der Waals surface area contributed by atoms with Gasteiger partial charge in [0.2, 0.25) is 0 Å². The Morgan fingerprint density at radius 1 is 1.20 bits per heavy atom. The summed E-state index contributed by atoms with van der Waals surface area (Å²) in [7, 11) is -1.61. The Kier molecular flexibility index (Phi) is 8.95. The van der Waals surface area contributed by atoms with E-state index in [4.69, 9.17) is 9.47 Å². The van der Waals surface area contributed by atoms with Crippen LogP contribution in [0, 0.1) is 11.6 Å². The Hall–Kier alpha value is -2.03. The normalized spacial score (nSPS) is 14.8. The van der Waals surface area contributed by atoms with Gasteiger partial charge in [0.15, 0.2) is 11.6 Å². The Balaban J connectivity index is 3.11. The number of hydrogen-bond donors (Lipinski definition) is 1. The standard InChI is InChI=1S/C21H32F2N2O4S/c1-9-15(12-24-19(26)29-20(3,4)5)28-18-16(10-14(22)11-17(18)23)13(2)25-30(27)21(6,7)8/h10-11,15H,9,12H2,1-8H3,(H,24,26)/t15-,30-/m1/s1. The van der Waals surface area contributed by atoms with Crippen LogP contribution >= 0.6 is 0 Å². The number of rotatable bonds is 7. The molecule has 0 saturated carbocycles. The van der Waals surface area contributed by atoms with Crippen molar-refractivity contribution in [1.29, 1.82) is 0 Å². The monoisotopic (exact) mass is 446 g/mol. The quantitative estimate of drug-likeness (QED) is 0.603. The average molecular weight is 447 g/mol. The fourth-order valence-corrected chi connectivity index (χ4v) is 2.83. The number of amides is 1. The van der Waals surface area contributed by atoms with Crippen LogP contribution in [0.1, 0.15) is 67.4 Å². The number of nitrogens with one attached hydrogen (secondary N) is 1. The molecule has 1 aromatic carbocycles. The molecule has 2 atom stereocenters. The van der Waals surface area contributed by atoms with Gasteiger partial charge in [-0.2, -0.15) is 4.40 Å². The number of alkyl carbamates (subject to hydrolysis) is 1. The number of carbonyl (C=O) groups excluding carboxylic acids is 1. The lowest BCUT2D eigenvalue weighted by Gasteiger charge is -2.23. The van der Waals surface area contributed by atoms with Crippen LogP contribution in [-0.2, 0) is 15.7 Å². The van der Waals surface area contributed by atoms with E-state index in [1.807, 2.05) is 0 Å². The third kappa shape index (κ3) is 8.38. The van der Waals surface area contributed by atoms with Gasteiger partial charge >= 0.3 is 6.09 Å². The summed E-state index contributed by atoms with van der Waals surface area (Å²) in [4.78, 5) is 11.9. The molecule has 30 heavy (non-hydrogen) atoms. The van der Waals surface area contributed by atoms with Crippen molar-refractivity contribution in [3.8, 4) is 5.75 Å². The first kappa shape index (κ1) is 26.0. The first-order valence-electron chi connectivity index (χ1n) is 9.74. The smallest absolute Gasteiger partial charge is 0.407 e. The third-order valence-corrected chi connectivity index (χ3v) is 5.24. The van der Waals surface area contributed by atoms with Crippen LogP contribution in [0.3, 0.4) is 0 Å². The lowest BCUT2D eigenvalue weighted by Crippen LogP contribution is -2.38. The van der Waals surface area contributed by atoms with Crippen LogP contribution in [0.5, 0.6) is 5.75 Å². The molecule has 0 aliphatic carbocycles. The lowest BCUT2D eigenvalue weighted by atomic mass is 10.1. The van der Waals surface area contributed by atoms with E-state index in [1.54, 1.807) is 48.5 Å². The number of carbonyl (C=O) groups is 1. The van der Waals surface area contributed by atoms with E-state index >= 15 is 0 Å². The van der Waals surface area contributed by atoms with E-state index in [2.05, 4.69) is 9.71 Å². The summed E-state index contributed by atoms with van der Waals surface area (Å²) in [6.45, 7) is 13.9. The zero-order valence-electron chi connectivity index (χ0n) is 18.9. The van der Waals surface area contributed by atoms with E-state index in [1.165, 1.54) is 6.92 Å². The highest BCUT2D eigenvalue weighted by Gasteiger charge is 2.23. The van der Waals surface area contributed by atoms with Gasteiger partial charge in [0.05, 0.1) is 17.0 Å². The Morgan fingerprint density at radius 3 is 2.30 bits per heavy atom. The molecule has 0 aliphatic heterocycles. The van der Waals surface area contributed by atoms with E-state index < -0.39 is 45.2 Å². The predicted molar refractivity (Wildman–Crippen MR) is 115 cm³/mol. The summed E-state index contributed by atoms with van der Waals surface area (Å²) in [6, 6.07) is 1.80. The second-order valence-corrected chi connectivity index (χ2v) is 10.7. The van der Waals surface area contributed by atoms with Gasteiger partial charge in [-0.05, 0) is 61.0 Å². The molecule has 1 aromatic rings. The SMILES string of the molecule is CC[C@H](CNC(=O)OC(C)(C)C)Oc1c(F)cc(F)cc1C(C)=N[S@](=O)C(C)(C)C. The van der Waals surface area contributed by atoms with Crippen molar-refractivity contribution >= 4 is 22.8 Å². The fraction of sp³-hybridized carbons (Fsp3) is 0.619. The maximum absolute atomic E-state index is 14.6. The van der Waals surface area contributed by atoms with Gasteiger partial charge in [0.1, 0.15) is 28.5 Å². The van der Waals surface area contributed by atoms with Crippen LogP contribution in [0.25, 0.3) is 0 Å². The van der Waals surface area contributed by atoms with Crippen molar-refractivity contribution in [2.75, 3.05) is 6.54 Å². The largest absolute Gasteiger partial charge is 0.485 e. The van der Waals surface area contributed by atoms with Crippen LogP contribution in [0.15, 0.2) is 16.5 Å². The molecule has 0 radical (unpaired) electrons. The minimum atomic E-state index is -1.61. The lowest BCUT2D eigenvalue weighted by molar-refractivity contribution is 0.0499. The molecule has 170 valence electrons. The molecule has 0 aromatic heterocycles. The number of nitrogens with zero attached hydrogens (tertiary/aromatic N) is 1. The molecule has 0 spiro atoms. The molecule has 0 fully saturated rings. The Morgan fingerprint density at radius 2 is 1.80 bits per heavy atom. The summed E-state index contributed by atoms with van der Waals surface area (Å²) in [5.41, 5.74) is -0.397. The summed E-state index contributed by atoms with van der Waals surface area (Å²) in [6.07, 6.45) is -0.782. The zero-order chi connectivity index (χ0) is 23.3. The molecular formula is C21H32F2N2O4S. The van der Waals surface area contributed by atoms with Gasteiger partial charge in [0.25, 0.3) is 0 Å². The first-order valence-corrected chi connectivity index (χ1v) is 10.8. The molecule has 1 amide bonds. The summed E-state index contributed by atoms with van der Waals surface area (Å²) < 4.78 is 55.2. The van der Waals surface area contributed by atoms with Gasteiger partial charge in [-0.3, -0.25) is 0 Å². The summed E-state index contributed by atoms with van der Waals surface area (Å²) >= 11 is 0. The fourth-order valence-electron chi connectivity index (χ4n) is 2.21. The number of hydrogen-bond acceptors (Lipinski definition) is 4. The van der Waals surface area contributed by atoms with E-state index in [0.29, 0.717) is 12.5 Å². The Labute approximate surface area is 180 Å². The second kappa shape index (κ2) is 10.3. The highest BCUT2D eigenvalue weighted by atomic mass is 32.2. The predicted octanol–water partition coefficient (Wildman–Crippen LogP) is 4.92. The third-order valence-electron chi connectivity index (χ3n) is 3.75. The van der Waals surface area contributed by atoms with Crippen LogP contribution in [0.4, 0.5) is 13.6 Å². The van der Waals surface area contributed by atoms with Gasteiger partial charge in [-0.25, -0.2) is 17.8 Å². The highest BCUT2D eigenvalue weighted by molar-refractivity contribution is 7.85. The topological polar surface area (TPSA) is 77.0 Å². The number of halogens is 2. The molecule has 0 unspecified atom stereocenters. The first-order chi connectivity index (χ1) is 13.6. The van der Waals surface area contributed by atoms with E-state index in [9.17, 15) is 17.8 Å².